The molecule has 6 heteroatoms. The predicted molar refractivity (Wildman–Crippen MR) is 89.6 cm³/mol. The number of methoxy groups -OCH3 is 1. The van der Waals surface area contributed by atoms with Crippen molar-refractivity contribution in [2.75, 3.05) is 18.2 Å². The number of nitrogens with one attached hydrogen (secondary N) is 1. The van der Waals surface area contributed by atoms with E-state index >= 15 is 0 Å². The number of nitrogen functional groups attached to an aromatic ring is 1. The van der Waals surface area contributed by atoms with E-state index in [1.807, 2.05) is 18.2 Å². The van der Waals surface area contributed by atoms with Crippen LogP contribution in [0.2, 0.25) is 5.02 Å². The molecule has 0 radical (unpaired) electrons. The zero-order valence-corrected chi connectivity index (χ0v) is 13.5. The Morgan fingerprint density at radius 3 is 2.70 bits per heavy atom. The number of nitrogens with two attached hydrogens (primary N) is 1. The maximum Gasteiger partial charge on any atom is 0.340 e. The van der Waals surface area contributed by atoms with Gasteiger partial charge >= 0.3 is 5.97 Å². The minimum Gasteiger partial charge on any atom is -0.465 e. The molecule has 0 bridgehead atoms. The van der Waals surface area contributed by atoms with Crippen molar-refractivity contribution in [3.8, 4) is 0 Å². The molecule has 0 atom stereocenters. The molecule has 2 aromatic carbocycles. The molecule has 104 valence electrons. The van der Waals surface area contributed by atoms with Crippen LogP contribution in [-0.4, -0.2) is 13.1 Å². The summed E-state index contributed by atoms with van der Waals surface area (Å²) in [7, 11) is 1.32. The topological polar surface area (TPSA) is 64.3 Å². The van der Waals surface area contributed by atoms with E-state index in [0.29, 0.717) is 22.0 Å². The molecule has 0 aliphatic rings. The quantitative estimate of drug-likeness (QED) is 0.462. The van der Waals surface area contributed by atoms with Gasteiger partial charge in [0.15, 0.2) is 0 Å². The second-order valence-electron chi connectivity index (χ2n) is 4.01. The number of carbonyl (C=O) groups is 1. The van der Waals surface area contributed by atoms with Gasteiger partial charge in [-0.25, -0.2) is 4.79 Å². The lowest BCUT2D eigenvalue weighted by atomic mass is 10.1. The number of hydrogen-bond acceptors (Lipinski definition) is 4. The van der Waals surface area contributed by atoms with E-state index in [2.05, 4.69) is 32.6 Å². The Morgan fingerprint density at radius 2 is 2.05 bits per heavy atom. The third kappa shape index (κ3) is 3.16. The lowest BCUT2D eigenvalue weighted by molar-refractivity contribution is 0.0602. The number of benzene rings is 2. The fourth-order valence-electron chi connectivity index (χ4n) is 1.70. The van der Waals surface area contributed by atoms with Gasteiger partial charge in [-0.2, -0.15) is 0 Å². The first-order chi connectivity index (χ1) is 9.52. The summed E-state index contributed by atoms with van der Waals surface area (Å²) < 4.78 is 5.72. The van der Waals surface area contributed by atoms with E-state index < -0.39 is 5.97 Å². The van der Waals surface area contributed by atoms with Crippen LogP contribution in [0.25, 0.3) is 0 Å². The van der Waals surface area contributed by atoms with E-state index in [1.54, 1.807) is 18.2 Å². The molecule has 0 saturated heterocycles. The highest BCUT2D eigenvalue weighted by molar-refractivity contribution is 14.1. The zero-order chi connectivity index (χ0) is 14.7. The summed E-state index contributed by atoms with van der Waals surface area (Å²) >= 11 is 8.34. The lowest BCUT2D eigenvalue weighted by Crippen LogP contribution is -2.07. The van der Waals surface area contributed by atoms with Crippen LogP contribution in [0.1, 0.15) is 10.4 Å². The Bertz CT molecular complexity index is 662. The Morgan fingerprint density at radius 1 is 1.30 bits per heavy atom. The summed E-state index contributed by atoms with van der Waals surface area (Å²) in [6, 6.07) is 10.7. The molecule has 0 aromatic heterocycles. The smallest absolute Gasteiger partial charge is 0.340 e. The molecule has 0 aliphatic heterocycles. The van der Waals surface area contributed by atoms with Crippen molar-refractivity contribution < 1.29 is 9.53 Å². The summed E-state index contributed by atoms with van der Waals surface area (Å²) in [5.74, 6) is -0.472. The fourth-order valence-corrected chi connectivity index (χ4v) is 2.60. The number of anilines is 3. The number of ether oxygens (including phenoxy) is 1. The molecule has 2 rings (SSSR count). The molecule has 2 aromatic rings. The second-order valence-corrected chi connectivity index (χ2v) is 5.66. The highest BCUT2D eigenvalue weighted by Crippen LogP contribution is 2.31. The largest absolute Gasteiger partial charge is 0.465 e. The van der Waals surface area contributed by atoms with Crippen LogP contribution in [0.15, 0.2) is 36.4 Å². The average Bonchev–Trinajstić information content (AvgIpc) is 2.43. The molecule has 0 amide bonds. The lowest BCUT2D eigenvalue weighted by Gasteiger charge is -2.13. The van der Waals surface area contributed by atoms with Gasteiger partial charge in [-0.1, -0.05) is 17.7 Å². The Kier molecular flexibility index (Phi) is 4.72. The average molecular weight is 403 g/mol. The van der Waals surface area contributed by atoms with Gasteiger partial charge in [0.1, 0.15) is 0 Å². The summed E-state index contributed by atoms with van der Waals surface area (Å²) in [4.78, 5) is 11.6. The number of carbonyl (C=O) groups excluding carboxylic acids is 1. The monoisotopic (exact) mass is 402 g/mol. The normalized spacial score (nSPS) is 10.2. The van der Waals surface area contributed by atoms with Crippen molar-refractivity contribution in [1.82, 2.24) is 0 Å². The van der Waals surface area contributed by atoms with E-state index in [4.69, 9.17) is 17.3 Å². The zero-order valence-electron chi connectivity index (χ0n) is 10.6. The van der Waals surface area contributed by atoms with E-state index in [-0.39, 0.29) is 0 Å². The van der Waals surface area contributed by atoms with Gasteiger partial charge < -0.3 is 15.8 Å². The molecule has 3 N–H and O–H groups in total. The molecular formula is C14H12ClIN2O2. The Labute approximate surface area is 135 Å². The van der Waals surface area contributed by atoms with Crippen LogP contribution in [0.5, 0.6) is 0 Å². The van der Waals surface area contributed by atoms with Gasteiger partial charge in [0.05, 0.1) is 34.8 Å². The molecular weight excluding hydrogens is 391 g/mol. The van der Waals surface area contributed by atoms with Gasteiger partial charge in [0.2, 0.25) is 0 Å². The standard InChI is InChI=1S/C14H12ClIN2O2/c1-20-14(19)9-3-2-4-12(13(9)17)18-11-6-5-8(16)7-10(11)15/h2-7,18H,17H2,1H3. The molecule has 0 heterocycles. The van der Waals surface area contributed by atoms with Gasteiger partial charge in [-0.3, -0.25) is 0 Å². The first-order valence-electron chi connectivity index (χ1n) is 5.72. The van der Waals surface area contributed by atoms with Crippen molar-refractivity contribution >= 4 is 57.2 Å². The second kappa shape index (κ2) is 6.32. The fraction of sp³-hybridized carbons (Fsp3) is 0.0714. The first-order valence-corrected chi connectivity index (χ1v) is 7.17. The highest BCUT2D eigenvalue weighted by atomic mass is 127. The number of rotatable bonds is 3. The minimum absolute atomic E-state index is 0.319. The number of hydrogen-bond donors (Lipinski definition) is 2. The summed E-state index contributed by atoms with van der Waals surface area (Å²) in [6.45, 7) is 0. The van der Waals surface area contributed by atoms with Crippen LogP contribution in [0.4, 0.5) is 17.1 Å². The minimum atomic E-state index is -0.472. The number of para-hydroxylation sites is 1. The van der Waals surface area contributed by atoms with Gasteiger partial charge in [0, 0.05) is 3.57 Å². The third-order valence-electron chi connectivity index (χ3n) is 2.71. The number of esters is 1. The number of halogens is 2. The molecule has 0 saturated carbocycles. The maximum absolute atomic E-state index is 11.6. The van der Waals surface area contributed by atoms with Crippen molar-refractivity contribution in [2.45, 2.75) is 0 Å². The van der Waals surface area contributed by atoms with Crippen molar-refractivity contribution in [1.29, 1.82) is 0 Å². The summed E-state index contributed by atoms with van der Waals surface area (Å²) in [5, 5.41) is 3.70. The van der Waals surface area contributed by atoms with Crippen LogP contribution in [0, 0.1) is 3.57 Å². The Hall–Kier alpha value is -1.47. The first kappa shape index (κ1) is 14.9. The van der Waals surface area contributed by atoms with Gasteiger partial charge in [-0.15, -0.1) is 0 Å². The predicted octanol–water partition coefficient (Wildman–Crippen LogP) is 4.06. The molecule has 0 fully saturated rings. The van der Waals surface area contributed by atoms with Crippen LogP contribution in [-0.2, 0) is 4.74 Å². The van der Waals surface area contributed by atoms with E-state index in [0.717, 1.165) is 9.26 Å². The van der Waals surface area contributed by atoms with E-state index in [1.165, 1.54) is 7.11 Å². The molecule has 0 spiro atoms. The van der Waals surface area contributed by atoms with Crippen molar-refractivity contribution in [3.63, 3.8) is 0 Å². The summed E-state index contributed by atoms with van der Waals surface area (Å²) in [6.07, 6.45) is 0. The maximum atomic E-state index is 11.6. The third-order valence-corrected chi connectivity index (χ3v) is 3.70. The molecule has 0 unspecified atom stereocenters. The Balaban J connectivity index is 2.37. The van der Waals surface area contributed by atoms with Crippen molar-refractivity contribution in [2.24, 2.45) is 0 Å². The SMILES string of the molecule is COC(=O)c1cccc(Nc2ccc(I)cc2Cl)c1N. The van der Waals surface area contributed by atoms with Crippen LogP contribution in [0.3, 0.4) is 0 Å². The summed E-state index contributed by atoms with van der Waals surface area (Å²) in [5.41, 5.74) is 7.96. The van der Waals surface area contributed by atoms with Crippen LogP contribution >= 0.6 is 34.2 Å². The highest BCUT2D eigenvalue weighted by Gasteiger charge is 2.13. The van der Waals surface area contributed by atoms with Gasteiger partial charge in [0.25, 0.3) is 0 Å². The van der Waals surface area contributed by atoms with Gasteiger partial charge in [-0.05, 0) is 52.9 Å². The van der Waals surface area contributed by atoms with Crippen LogP contribution < -0.4 is 11.1 Å². The molecule has 0 aliphatic carbocycles. The molecule has 4 nitrogen and oxygen atoms in total. The molecule has 20 heavy (non-hydrogen) atoms. The van der Waals surface area contributed by atoms with Crippen molar-refractivity contribution in [3.05, 3.63) is 50.6 Å². The van der Waals surface area contributed by atoms with E-state index in [9.17, 15) is 4.79 Å².